The molecule has 2 bridgehead atoms. The van der Waals surface area contributed by atoms with E-state index in [1.807, 2.05) is 5.38 Å². The predicted octanol–water partition coefficient (Wildman–Crippen LogP) is 4.43. The Labute approximate surface area is 176 Å². The molecule has 0 saturated heterocycles. The summed E-state index contributed by atoms with van der Waals surface area (Å²) in [5.41, 5.74) is 1.28. The average Bonchev–Trinajstić information content (AvgIpc) is 3.36. The highest BCUT2D eigenvalue weighted by atomic mass is 32.1. The molecular formula is C22H31NO5S. The van der Waals surface area contributed by atoms with Crippen LogP contribution in [0.25, 0.3) is 0 Å². The van der Waals surface area contributed by atoms with E-state index in [2.05, 4.69) is 19.2 Å². The minimum atomic E-state index is -0.437. The van der Waals surface area contributed by atoms with Crippen LogP contribution in [0.15, 0.2) is 5.38 Å². The van der Waals surface area contributed by atoms with Crippen LogP contribution in [0.2, 0.25) is 0 Å². The SMILES string of the molecule is CCOC(=O)c1c(CC(C)C)csc1NC(=O)COC(=O)C[C@@H]1C[C@H]2CC[C@@H]1C2. The topological polar surface area (TPSA) is 81.7 Å². The van der Waals surface area contributed by atoms with Crippen molar-refractivity contribution in [2.45, 2.75) is 59.3 Å². The Morgan fingerprint density at radius 1 is 1.21 bits per heavy atom. The molecular weight excluding hydrogens is 390 g/mol. The zero-order valence-corrected chi connectivity index (χ0v) is 18.3. The van der Waals surface area contributed by atoms with E-state index in [0.29, 0.717) is 34.7 Å². The van der Waals surface area contributed by atoms with Crippen molar-refractivity contribution in [2.75, 3.05) is 18.5 Å². The number of nitrogens with one attached hydrogen (secondary N) is 1. The van der Waals surface area contributed by atoms with Gasteiger partial charge in [-0.1, -0.05) is 20.3 Å². The molecule has 6 nitrogen and oxygen atoms in total. The van der Waals surface area contributed by atoms with Crippen LogP contribution in [0.1, 0.15) is 68.8 Å². The Morgan fingerprint density at radius 2 is 2.00 bits per heavy atom. The maximum atomic E-state index is 12.4. The van der Waals surface area contributed by atoms with Gasteiger partial charge in [-0.15, -0.1) is 11.3 Å². The van der Waals surface area contributed by atoms with Crippen LogP contribution in [0.5, 0.6) is 0 Å². The third kappa shape index (κ3) is 5.59. The number of ether oxygens (including phenoxy) is 2. The van der Waals surface area contributed by atoms with Crippen molar-refractivity contribution in [1.82, 2.24) is 0 Å². The number of rotatable bonds is 9. The van der Waals surface area contributed by atoms with Crippen molar-refractivity contribution in [3.8, 4) is 0 Å². The lowest BCUT2D eigenvalue weighted by Crippen LogP contribution is -2.23. The molecule has 7 heteroatoms. The number of esters is 2. The summed E-state index contributed by atoms with van der Waals surface area (Å²) in [5, 5.41) is 5.05. The zero-order chi connectivity index (χ0) is 21.0. The lowest BCUT2D eigenvalue weighted by atomic mass is 9.86. The standard InChI is InChI=1S/C22H31NO5S/c1-4-27-22(26)20-17(7-13(2)3)12-29-21(20)23-18(24)11-28-19(25)10-16-9-14-5-6-15(16)8-14/h12-16H,4-11H2,1-3H3,(H,23,24)/t14-,15+,16-/m0/s1. The van der Waals surface area contributed by atoms with Crippen LogP contribution >= 0.6 is 11.3 Å². The van der Waals surface area contributed by atoms with Gasteiger partial charge in [-0.05, 0) is 67.2 Å². The van der Waals surface area contributed by atoms with Gasteiger partial charge in [0, 0.05) is 6.42 Å². The van der Waals surface area contributed by atoms with Crippen LogP contribution in [0, 0.1) is 23.7 Å². The van der Waals surface area contributed by atoms with Gasteiger partial charge in [0.05, 0.1) is 12.2 Å². The summed E-state index contributed by atoms with van der Waals surface area (Å²) >= 11 is 1.30. The largest absolute Gasteiger partial charge is 0.462 e. The first kappa shape index (κ1) is 21.8. The summed E-state index contributed by atoms with van der Waals surface area (Å²) in [7, 11) is 0. The van der Waals surface area contributed by atoms with Crippen LogP contribution in [-0.2, 0) is 25.5 Å². The minimum Gasteiger partial charge on any atom is -0.462 e. The van der Waals surface area contributed by atoms with Gasteiger partial charge in [-0.3, -0.25) is 9.59 Å². The Hall–Kier alpha value is -1.89. The number of amides is 1. The molecule has 2 saturated carbocycles. The van der Waals surface area contributed by atoms with Crippen molar-refractivity contribution in [1.29, 1.82) is 0 Å². The van der Waals surface area contributed by atoms with E-state index in [1.165, 1.54) is 30.6 Å². The predicted molar refractivity (Wildman–Crippen MR) is 112 cm³/mol. The molecule has 1 N–H and O–H groups in total. The molecule has 3 atom stereocenters. The molecule has 1 heterocycles. The van der Waals surface area contributed by atoms with Gasteiger partial charge in [0.1, 0.15) is 5.00 Å². The molecule has 2 aliphatic rings. The fourth-order valence-electron chi connectivity index (χ4n) is 4.71. The number of carbonyl (C=O) groups excluding carboxylic acids is 3. The summed E-state index contributed by atoms with van der Waals surface area (Å²) in [6.45, 7) is 5.82. The van der Waals surface area contributed by atoms with Gasteiger partial charge in [-0.2, -0.15) is 0 Å². The average molecular weight is 422 g/mol. The summed E-state index contributed by atoms with van der Waals surface area (Å²) < 4.78 is 10.4. The van der Waals surface area contributed by atoms with E-state index < -0.39 is 11.9 Å². The van der Waals surface area contributed by atoms with Crippen LogP contribution in [0.4, 0.5) is 5.00 Å². The van der Waals surface area contributed by atoms with E-state index in [1.54, 1.807) is 6.92 Å². The normalized spacial score (nSPS) is 22.7. The van der Waals surface area contributed by atoms with E-state index in [0.717, 1.165) is 24.3 Å². The Kier molecular flexibility index (Phi) is 7.33. The quantitative estimate of drug-likeness (QED) is 0.597. The number of anilines is 1. The number of fused-ring (bicyclic) bond motifs is 2. The van der Waals surface area contributed by atoms with Gasteiger partial charge in [0.25, 0.3) is 5.91 Å². The molecule has 3 rings (SSSR count). The summed E-state index contributed by atoms with van der Waals surface area (Å²) in [6.07, 6.45) is 5.99. The van der Waals surface area contributed by atoms with Crippen molar-refractivity contribution < 1.29 is 23.9 Å². The van der Waals surface area contributed by atoms with Crippen molar-refractivity contribution in [3.05, 3.63) is 16.5 Å². The lowest BCUT2D eigenvalue weighted by Gasteiger charge is -2.20. The Bertz CT molecular complexity index is 756. The summed E-state index contributed by atoms with van der Waals surface area (Å²) in [5.74, 6) is 1.03. The van der Waals surface area contributed by atoms with E-state index >= 15 is 0 Å². The fraction of sp³-hybridized carbons (Fsp3) is 0.682. The molecule has 1 amide bonds. The maximum absolute atomic E-state index is 12.4. The van der Waals surface area contributed by atoms with Crippen LogP contribution < -0.4 is 5.32 Å². The Morgan fingerprint density at radius 3 is 2.62 bits per heavy atom. The zero-order valence-electron chi connectivity index (χ0n) is 17.5. The molecule has 1 aromatic heterocycles. The molecule has 0 aliphatic heterocycles. The first-order valence-corrected chi connectivity index (χ1v) is 11.5. The number of hydrogen-bond donors (Lipinski definition) is 1. The number of thiophene rings is 1. The highest BCUT2D eigenvalue weighted by Crippen LogP contribution is 2.49. The first-order chi connectivity index (χ1) is 13.9. The molecule has 0 spiro atoms. The highest BCUT2D eigenvalue weighted by Gasteiger charge is 2.40. The Balaban J connectivity index is 1.53. The van der Waals surface area contributed by atoms with Crippen LogP contribution in [-0.4, -0.2) is 31.1 Å². The summed E-state index contributed by atoms with van der Waals surface area (Å²) in [4.78, 5) is 36.8. The van der Waals surface area contributed by atoms with E-state index in [4.69, 9.17) is 9.47 Å². The van der Waals surface area contributed by atoms with Crippen molar-refractivity contribution in [3.63, 3.8) is 0 Å². The lowest BCUT2D eigenvalue weighted by molar-refractivity contribution is -0.148. The maximum Gasteiger partial charge on any atom is 0.341 e. The van der Waals surface area contributed by atoms with E-state index in [-0.39, 0.29) is 19.2 Å². The van der Waals surface area contributed by atoms with E-state index in [9.17, 15) is 14.4 Å². The molecule has 2 fully saturated rings. The minimum absolute atomic E-state index is 0.268. The summed E-state index contributed by atoms with van der Waals surface area (Å²) in [6, 6.07) is 0. The van der Waals surface area contributed by atoms with Gasteiger partial charge in [-0.25, -0.2) is 4.79 Å². The smallest absolute Gasteiger partial charge is 0.341 e. The van der Waals surface area contributed by atoms with Gasteiger partial charge >= 0.3 is 11.9 Å². The van der Waals surface area contributed by atoms with Gasteiger partial charge in [0.2, 0.25) is 0 Å². The molecule has 0 unspecified atom stereocenters. The molecule has 0 aromatic carbocycles. The molecule has 160 valence electrons. The molecule has 2 aliphatic carbocycles. The second kappa shape index (κ2) is 9.74. The number of hydrogen-bond acceptors (Lipinski definition) is 6. The first-order valence-electron chi connectivity index (χ1n) is 10.6. The third-order valence-corrected chi connectivity index (χ3v) is 6.85. The third-order valence-electron chi connectivity index (χ3n) is 5.91. The van der Waals surface area contributed by atoms with Crippen molar-refractivity contribution in [2.24, 2.45) is 23.7 Å². The van der Waals surface area contributed by atoms with Gasteiger partial charge < -0.3 is 14.8 Å². The second-order valence-corrected chi connectivity index (χ2v) is 9.51. The van der Waals surface area contributed by atoms with Gasteiger partial charge in [0.15, 0.2) is 6.61 Å². The number of carbonyl (C=O) groups is 3. The fourth-order valence-corrected chi connectivity index (χ4v) is 5.69. The molecule has 1 aromatic rings. The highest BCUT2D eigenvalue weighted by molar-refractivity contribution is 7.15. The molecule has 0 radical (unpaired) electrons. The van der Waals surface area contributed by atoms with Crippen LogP contribution in [0.3, 0.4) is 0 Å². The van der Waals surface area contributed by atoms with Crippen molar-refractivity contribution >= 4 is 34.2 Å². The monoisotopic (exact) mass is 421 g/mol. The molecule has 29 heavy (non-hydrogen) atoms. The second-order valence-electron chi connectivity index (χ2n) is 8.63.